The van der Waals surface area contributed by atoms with Gasteiger partial charge in [-0.2, -0.15) is 0 Å². The van der Waals surface area contributed by atoms with Crippen LogP contribution in [0.1, 0.15) is 36.5 Å². The van der Waals surface area contributed by atoms with E-state index in [4.69, 9.17) is 0 Å². The molecule has 0 aliphatic rings. The highest BCUT2D eigenvalue weighted by molar-refractivity contribution is 6.23. The molecule has 10 rings (SSSR count). The molecule has 3 nitrogen and oxygen atoms in total. The van der Waals surface area contributed by atoms with Gasteiger partial charge in [0.05, 0.1) is 22.1 Å². The van der Waals surface area contributed by atoms with Crippen molar-refractivity contribution in [3.63, 3.8) is 0 Å². The number of aromatic nitrogens is 2. The molecule has 0 unspecified atom stereocenters. The van der Waals surface area contributed by atoms with Gasteiger partial charge < -0.3 is 14.0 Å². The molecule has 0 spiro atoms. The van der Waals surface area contributed by atoms with Gasteiger partial charge >= 0.3 is 0 Å². The highest BCUT2D eigenvalue weighted by atomic mass is 15.1. The van der Waals surface area contributed by atoms with Crippen LogP contribution in [0, 0.1) is 13.8 Å². The summed E-state index contributed by atoms with van der Waals surface area (Å²) in [5.74, 6) is 0. The molecule has 2 aromatic heterocycles. The average Bonchev–Trinajstić information content (AvgIpc) is 3.78. The van der Waals surface area contributed by atoms with Gasteiger partial charge in [-0.15, -0.1) is 0 Å². The van der Waals surface area contributed by atoms with E-state index in [2.05, 4.69) is 217 Å². The molecular formula is C54H45N3. The van der Waals surface area contributed by atoms with Crippen LogP contribution in [0.25, 0.3) is 66.1 Å². The van der Waals surface area contributed by atoms with E-state index in [0.717, 1.165) is 29.2 Å². The molecule has 0 bridgehead atoms. The molecule has 0 fully saturated rings. The summed E-state index contributed by atoms with van der Waals surface area (Å²) in [5.41, 5.74) is 16.8. The fraction of sp³-hybridized carbons (Fsp3) is 0.111. The number of anilines is 3. The molecule has 0 radical (unpaired) electrons. The lowest BCUT2D eigenvalue weighted by Gasteiger charge is -2.26. The zero-order valence-electron chi connectivity index (χ0n) is 32.8. The van der Waals surface area contributed by atoms with Gasteiger partial charge in [-0.25, -0.2) is 0 Å². The van der Waals surface area contributed by atoms with Crippen LogP contribution in [0.2, 0.25) is 0 Å². The Morgan fingerprint density at radius 1 is 0.421 bits per heavy atom. The van der Waals surface area contributed by atoms with Crippen molar-refractivity contribution < 1.29 is 0 Å². The molecule has 10 aromatic rings. The van der Waals surface area contributed by atoms with Crippen LogP contribution < -0.4 is 4.90 Å². The first-order chi connectivity index (χ1) is 28.1. The minimum Gasteiger partial charge on any atom is -0.311 e. The van der Waals surface area contributed by atoms with Gasteiger partial charge in [0.25, 0.3) is 0 Å². The van der Waals surface area contributed by atoms with Crippen LogP contribution in [-0.2, 0) is 6.42 Å². The number of para-hydroxylation sites is 2. The molecule has 0 atom stereocenters. The van der Waals surface area contributed by atoms with Crippen LogP contribution in [0.15, 0.2) is 182 Å². The molecule has 8 aromatic carbocycles. The number of hydrogen-bond acceptors (Lipinski definition) is 1. The second-order valence-corrected chi connectivity index (χ2v) is 15.4. The minimum absolute atomic E-state index is 1.12. The van der Waals surface area contributed by atoms with Crippen LogP contribution in [0.5, 0.6) is 0 Å². The number of rotatable bonds is 9. The lowest BCUT2D eigenvalue weighted by atomic mass is 10.0. The van der Waals surface area contributed by atoms with E-state index in [1.807, 2.05) is 0 Å². The Morgan fingerprint density at radius 3 is 1.53 bits per heavy atom. The summed E-state index contributed by atoms with van der Waals surface area (Å²) in [4.78, 5) is 2.36. The van der Waals surface area contributed by atoms with E-state index in [-0.39, 0.29) is 0 Å². The Hall–Kier alpha value is -6.84. The van der Waals surface area contributed by atoms with Crippen molar-refractivity contribution >= 4 is 60.7 Å². The molecule has 0 aliphatic heterocycles. The standard InChI is InChI=1S/C54H45N3/c1-4-5-13-39-23-29-43(30-24-39)55(42-27-21-37(2)22-28-42)44-31-25-40(26-32-44)41-14-11-16-46(36-41)57-52-20-9-7-18-48(52)50-34-33-49-47-17-6-8-19-51(47)56(53(49)54(50)57)45-15-10-12-38(3)35-45/h6-12,14-36H,4-5,13H2,1-3H3. The van der Waals surface area contributed by atoms with Crippen molar-refractivity contribution in [3.05, 3.63) is 199 Å². The minimum atomic E-state index is 1.12. The maximum absolute atomic E-state index is 2.49. The summed E-state index contributed by atoms with van der Waals surface area (Å²) >= 11 is 0. The normalized spacial score (nSPS) is 11.6. The van der Waals surface area contributed by atoms with E-state index < -0.39 is 0 Å². The number of aryl methyl sites for hydroxylation is 3. The topological polar surface area (TPSA) is 13.1 Å². The highest BCUT2D eigenvalue weighted by Gasteiger charge is 2.21. The molecule has 57 heavy (non-hydrogen) atoms. The SMILES string of the molecule is CCCCc1ccc(N(c2ccc(C)cc2)c2ccc(-c3cccc(-n4c5ccccc5c5ccc6c7ccccc7n(-c7cccc(C)c7)c6c54)c3)cc2)cc1. The van der Waals surface area contributed by atoms with Crippen LogP contribution in [-0.4, -0.2) is 9.13 Å². The predicted molar refractivity (Wildman–Crippen MR) is 243 cm³/mol. The van der Waals surface area contributed by atoms with Gasteiger partial charge in [0.15, 0.2) is 0 Å². The molecule has 0 saturated heterocycles. The maximum Gasteiger partial charge on any atom is 0.0788 e. The Balaban J connectivity index is 1.12. The molecular weight excluding hydrogens is 691 g/mol. The van der Waals surface area contributed by atoms with Crippen LogP contribution >= 0.6 is 0 Å². The highest BCUT2D eigenvalue weighted by Crippen LogP contribution is 2.42. The third-order valence-corrected chi connectivity index (χ3v) is 11.6. The van der Waals surface area contributed by atoms with Gasteiger partial charge in [0, 0.05) is 50.0 Å². The van der Waals surface area contributed by atoms with Gasteiger partial charge in [-0.05, 0) is 122 Å². The molecule has 0 N–H and O–H groups in total. The maximum atomic E-state index is 2.49. The van der Waals surface area contributed by atoms with Crippen molar-refractivity contribution in [3.8, 4) is 22.5 Å². The summed E-state index contributed by atoms with van der Waals surface area (Å²) in [6.45, 7) is 6.57. The lowest BCUT2D eigenvalue weighted by molar-refractivity contribution is 0.795. The molecule has 0 aliphatic carbocycles. The van der Waals surface area contributed by atoms with E-state index >= 15 is 0 Å². The van der Waals surface area contributed by atoms with Crippen molar-refractivity contribution in [2.75, 3.05) is 4.90 Å². The Bertz CT molecular complexity index is 3050. The molecule has 276 valence electrons. The largest absolute Gasteiger partial charge is 0.311 e. The van der Waals surface area contributed by atoms with Gasteiger partial charge in [0.1, 0.15) is 0 Å². The first kappa shape index (κ1) is 34.6. The summed E-state index contributed by atoms with van der Waals surface area (Å²) in [6.07, 6.45) is 3.53. The summed E-state index contributed by atoms with van der Waals surface area (Å²) in [6, 6.07) is 67.2. The fourth-order valence-corrected chi connectivity index (χ4v) is 8.77. The van der Waals surface area contributed by atoms with Crippen LogP contribution in [0.3, 0.4) is 0 Å². The van der Waals surface area contributed by atoms with Crippen molar-refractivity contribution in [1.29, 1.82) is 0 Å². The van der Waals surface area contributed by atoms with Gasteiger partial charge in [-0.3, -0.25) is 0 Å². The van der Waals surface area contributed by atoms with E-state index in [0.29, 0.717) is 0 Å². The lowest BCUT2D eigenvalue weighted by Crippen LogP contribution is -2.10. The molecule has 0 saturated carbocycles. The van der Waals surface area contributed by atoms with E-state index in [1.54, 1.807) is 0 Å². The number of fused-ring (bicyclic) bond motifs is 7. The number of hydrogen-bond donors (Lipinski definition) is 0. The number of nitrogens with zero attached hydrogens (tertiary/aromatic N) is 3. The third-order valence-electron chi connectivity index (χ3n) is 11.6. The zero-order chi connectivity index (χ0) is 38.5. The second kappa shape index (κ2) is 14.3. The summed E-state index contributed by atoms with van der Waals surface area (Å²) in [5, 5.41) is 5.01. The number of unbranched alkanes of at least 4 members (excludes halogenated alkanes) is 1. The summed E-state index contributed by atoms with van der Waals surface area (Å²) in [7, 11) is 0. The van der Waals surface area contributed by atoms with Gasteiger partial charge in [-0.1, -0.05) is 128 Å². The zero-order valence-corrected chi connectivity index (χ0v) is 32.8. The Kier molecular flexibility index (Phi) is 8.72. The first-order valence-electron chi connectivity index (χ1n) is 20.2. The van der Waals surface area contributed by atoms with E-state index in [1.165, 1.54) is 90.0 Å². The smallest absolute Gasteiger partial charge is 0.0788 e. The molecule has 0 amide bonds. The fourth-order valence-electron chi connectivity index (χ4n) is 8.77. The molecule has 3 heteroatoms. The molecule has 2 heterocycles. The van der Waals surface area contributed by atoms with Crippen molar-refractivity contribution in [2.45, 2.75) is 40.0 Å². The predicted octanol–water partition coefficient (Wildman–Crippen LogP) is 15.0. The van der Waals surface area contributed by atoms with Crippen molar-refractivity contribution in [2.24, 2.45) is 0 Å². The van der Waals surface area contributed by atoms with Gasteiger partial charge in [0.2, 0.25) is 0 Å². The average molecular weight is 736 g/mol. The Morgan fingerprint density at radius 2 is 0.947 bits per heavy atom. The van der Waals surface area contributed by atoms with Crippen molar-refractivity contribution in [1.82, 2.24) is 9.13 Å². The van der Waals surface area contributed by atoms with E-state index in [9.17, 15) is 0 Å². The Labute approximate surface area is 334 Å². The third kappa shape index (κ3) is 6.07. The second-order valence-electron chi connectivity index (χ2n) is 15.4. The monoisotopic (exact) mass is 735 g/mol. The quantitative estimate of drug-likeness (QED) is 0.144. The first-order valence-corrected chi connectivity index (χ1v) is 20.2. The van der Waals surface area contributed by atoms with Crippen LogP contribution in [0.4, 0.5) is 17.1 Å². The summed E-state index contributed by atoms with van der Waals surface area (Å²) < 4.78 is 4.95. The number of benzene rings is 8.